The van der Waals surface area contributed by atoms with E-state index >= 15 is 0 Å². The molecule has 4 heteroatoms. The Balaban J connectivity index is 2.26. The molecule has 0 radical (unpaired) electrons. The molecule has 3 nitrogen and oxygen atoms in total. The number of aliphatic hydroxyl groups excluding tert-OH is 1. The van der Waals surface area contributed by atoms with Crippen LogP contribution in [-0.2, 0) is 0 Å². The molecule has 2 aromatic carbocycles. The van der Waals surface area contributed by atoms with E-state index in [-0.39, 0.29) is 0 Å². The van der Waals surface area contributed by atoms with E-state index in [2.05, 4.69) is 22.0 Å². The van der Waals surface area contributed by atoms with E-state index in [1.165, 1.54) is 0 Å². The SMILES string of the molecule is C[C@H](O)c1ccc(Oc2cccc(C#N)c2)c(Br)c1. The molecule has 19 heavy (non-hydrogen) atoms. The first-order valence-corrected chi connectivity index (χ1v) is 6.55. The molecule has 0 spiro atoms. The number of rotatable bonds is 3. The lowest BCUT2D eigenvalue weighted by Crippen LogP contribution is -1.92. The Kier molecular flexibility index (Phi) is 4.20. The number of ether oxygens (including phenoxy) is 1. The van der Waals surface area contributed by atoms with Gasteiger partial charge in [-0.1, -0.05) is 12.1 Å². The summed E-state index contributed by atoms with van der Waals surface area (Å²) in [7, 11) is 0. The van der Waals surface area contributed by atoms with Gasteiger partial charge >= 0.3 is 0 Å². The lowest BCUT2D eigenvalue weighted by molar-refractivity contribution is 0.199. The molecule has 0 saturated carbocycles. The molecule has 0 fully saturated rings. The second kappa shape index (κ2) is 5.87. The minimum absolute atomic E-state index is 0.521. The second-order valence-corrected chi connectivity index (χ2v) is 4.96. The van der Waals surface area contributed by atoms with E-state index in [1.54, 1.807) is 43.3 Å². The third-order valence-electron chi connectivity index (χ3n) is 2.63. The van der Waals surface area contributed by atoms with Crippen LogP contribution < -0.4 is 4.74 Å². The van der Waals surface area contributed by atoms with Gasteiger partial charge in [0.25, 0.3) is 0 Å². The molecule has 0 aromatic heterocycles. The molecule has 0 unspecified atom stereocenters. The van der Waals surface area contributed by atoms with Crippen molar-refractivity contribution >= 4 is 15.9 Å². The normalized spacial score (nSPS) is 11.7. The van der Waals surface area contributed by atoms with Crippen molar-refractivity contribution in [3.8, 4) is 17.6 Å². The van der Waals surface area contributed by atoms with Crippen molar-refractivity contribution in [2.45, 2.75) is 13.0 Å². The molecule has 0 aliphatic carbocycles. The molecule has 0 heterocycles. The molecule has 2 rings (SSSR count). The zero-order valence-corrected chi connectivity index (χ0v) is 11.9. The van der Waals surface area contributed by atoms with Gasteiger partial charge in [0.2, 0.25) is 0 Å². The Morgan fingerprint density at radius 1 is 1.26 bits per heavy atom. The highest BCUT2D eigenvalue weighted by atomic mass is 79.9. The van der Waals surface area contributed by atoms with Crippen molar-refractivity contribution in [3.05, 3.63) is 58.1 Å². The van der Waals surface area contributed by atoms with Crippen LogP contribution >= 0.6 is 15.9 Å². The smallest absolute Gasteiger partial charge is 0.141 e. The highest BCUT2D eigenvalue weighted by molar-refractivity contribution is 9.10. The number of hydrogen-bond acceptors (Lipinski definition) is 3. The number of halogens is 1. The first-order chi connectivity index (χ1) is 9.10. The maximum absolute atomic E-state index is 9.50. The summed E-state index contributed by atoms with van der Waals surface area (Å²) in [4.78, 5) is 0. The van der Waals surface area contributed by atoms with Gasteiger partial charge < -0.3 is 9.84 Å². The van der Waals surface area contributed by atoms with Crippen molar-refractivity contribution in [1.82, 2.24) is 0 Å². The zero-order valence-electron chi connectivity index (χ0n) is 10.3. The first kappa shape index (κ1) is 13.6. The van der Waals surface area contributed by atoms with Gasteiger partial charge in [-0.2, -0.15) is 5.26 Å². The van der Waals surface area contributed by atoms with E-state index < -0.39 is 6.10 Å². The fraction of sp³-hybridized carbons (Fsp3) is 0.133. The van der Waals surface area contributed by atoms with E-state index in [0.717, 1.165) is 10.0 Å². The Bertz CT molecular complexity index is 632. The molecular weight excluding hydrogens is 306 g/mol. The predicted octanol–water partition coefficient (Wildman–Crippen LogP) is 4.17. The van der Waals surface area contributed by atoms with Crippen molar-refractivity contribution in [1.29, 1.82) is 5.26 Å². The van der Waals surface area contributed by atoms with Crippen LogP contribution in [0.2, 0.25) is 0 Å². The summed E-state index contributed by atoms with van der Waals surface area (Å²) in [6.45, 7) is 1.71. The monoisotopic (exact) mass is 317 g/mol. The average Bonchev–Trinajstić information content (AvgIpc) is 2.41. The highest BCUT2D eigenvalue weighted by Gasteiger charge is 2.07. The molecule has 0 amide bonds. The molecular formula is C15H12BrNO2. The third kappa shape index (κ3) is 3.34. The van der Waals surface area contributed by atoms with Crippen LogP contribution in [0.3, 0.4) is 0 Å². The summed E-state index contributed by atoms with van der Waals surface area (Å²) in [6, 6.07) is 14.4. The van der Waals surface area contributed by atoms with Crippen LogP contribution in [0.5, 0.6) is 11.5 Å². The summed E-state index contributed by atoms with van der Waals surface area (Å²) in [5, 5.41) is 18.3. The summed E-state index contributed by atoms with van der Waals surface area (Å²) in [5.74, 6) is 1.24. The van der Waals surface area contributed by atoms with Crippen molar-refractivity contribution in [2.24, 2.45) is 0 Å². The second-order valence-electron chi connectivity index (χ2n) is 4.11. The van der Waals surface area contributed by atoms with Crippen molar-refractivity contribution in [2.75, 3.05) is 0 Å². The van der Waals surface area contributed by atoms with Gasteiger partial charge in [0, 0.05) is 0 Å². The minimum Gasteiger partial charge on any atom is -0.456 e. The lowest BCUT2D eigenvalue weighted by atomic mass is 10.1. The van der Waals surface area contributed by atoms with Crippen LogP contribution in [-0.4, -0.2) is 5.11 Å². The Morgan fingerprint density at radius 3 is 2.68 bits per heavy atom. The molecule has 0 aliphatic heterocycles. The maximum atomic E-state index is 9.50. The number of benzene rings is 2. The molecule has 1 N–H and O–H groups in total. The fourth-order valence-corrected chi connectivity index (χ4v) is 2.09. The molecule has 2 aromatic rings. The van der Waals surface area contributed by atoms with E-state index in [0.29, 0.717) is 17.1 Å². The minimum atomic E-state index is -0.521. The van der Waals surface area contributed by atoms with Gasteiger partial charge in [-0.25, -0.2) is 0 Å². The maximum Gasteiger partial charge on any atom is 0.141 e. The molecule has 0 bridgehead atoms. The van der Waals surface area contributed by atoms with Gasteiger partial charge in [0.15, 0.2) is 0 Å². The summed E-state index contributed by atoms with van der Waals surface area (Å²) >= 11 is 3.41. The van der Waals surface area contributed by atoms with Crippen LogP contribution in [0.15, 0.2) is 46.9 Å². The Labute approximate surface area is 120 Å². The van der Waals surface area contributed by atoms with E-state index in [9.17, 15) is 5.11 Å². The summed E-state index contributed by atoms with van der Waals surface area (Å²) < 4.78 is 6.46. The van der Waals surface area contributed by atoms with Crippen LogP contribution in [0, 0.1) is 11.3 Å². The zero-order chi connectivity index (χ0) is 13.8. The van der Waals surface area contributed by atoms with E-state index in [1.807, 2.05) is 6.07 Å². The standard InChI is InChI=1S/C15H12BrNO2/c1-10(18)12-5-6-15(14(16)8-12)19-13-4-2-3-11(7-13)9-17/h2-8,10,18H,1H3/t10-/m0/s1. The molecule has 1 atom stereocenters. The summed E-state index contributed by atoms with van der Waals surface area (Å²) in [6.07, 6.45) is -0.521. The summed E-state index contributed by atoms with van der Waals surface area (Å²) in [5.41, 5.74) is 1.36. The van der Waals surface area contributed by atoms with Gasteiger partial charge in [-0.15, -0.1) is 0 Å². The van der Waals surface area contributed by atoms with Gasteiger partial charge in [0.05, 0.1) is 22.2 Å². The van der Waals surface area contributed by atoms with Crippen molar-refractivity contribution in [3.63, 3.8) is 0 Å². The number of nitrogens with zero attached hydrogens (tertiary/aromatic N) is 1. The van der Waals surface area contributed by atoms with Gasteiger partial charge in [0.1, 0.15) is 11.5 Å². The van der Waals surface area contributed by atoms with Gasteiger partial charge in [-0.3, -0.25) is 0 Å². The lowest BCUT2D eigenvalue weighted by Gasteiger charge is -2.10. The first-order valence-electron chi connectivity index (χ1n) is 5.75. The topological polar surface area (TPSA) is 53.2 Å². The quantitative estimate of drug-likeness (QED) is 0.924. The third-order valence-corrected chi connectivity index (χ3v) is 3.25. The van der Waals surface area contributed by atoms with E-state index in [4.69, 9.17) is 10.00 Å². The molecule has 0 saturated heterocycles. The highest BCUT2D eigenvalue weighted by Crippen LogP contribution is 2.32. The number of aliphatic hydroxyl groups is 1. The Hall–Kier alpha value is -1.83. The fourth-order valence-electron chi connectivity index (χ4n) is 1.62. The number of hydrogen-bond donors (Lipinski definition) is 1. The Morgan fingerprint density at radius 2 is 2.05 bits per heavy atom. The average molecular weight is 318 g/mol. The molecule has 0 aliphatic rings. The number of nitriles is 1. The van der Waals surface area contributed by atoms with Crippen LogP contribution in [0.25, 0.3) is 0 Å². The van der Waals surface area contributed by atoms with Crippen molar-refractivity contribution < 1.29 is 9.84 Å². The van der Waals surface area contributed by atoms with Crippen LogP contribution in [0.1, 0.15) is 24.2 Å². The predicted molar refractivity (Wildman–Crippen MR) is 76.0 cm³/mol. The largest absolute Gasteiger partial charge is 0.456 e. The van der Waals surface area contributed by atoms with Gasteiger partial charge in [-0.05, 0) is 58.7 Å². The molecule has 96 valence electrons. The van der Waals surface area contributed by atoms with Crippen LogP contribution in [0.4, 0.5) is 0 Å².